The Morgan fingerprint density at radius 2 is 1.81 bits per heavy atom. The van der Waals surface area contributed by atoms with Crippen LogP contribution in [0.1, 0.15) is 43.2 Å². The van der Waals surface area contributed by atoms with E-state index in [4.69, 9.17) is 9.84 Å². The largest absolute Gasteiger partial charge is 0.497 e. The summed E-state index contributed by atoms with van der Waals surface area (Å²) in [7, 11) is 1.63. The number of rotatable bonds is 7. The molecule has 1 aliphatic carbocycles. The van der Waals surface area contributed by atoms with Gasteiger partial charge < -0.3 is 15.2 Å². The molecule has 142 valence electrons. The monoisotopic (exact) mass is 367 g/mol. The number of amides is 1. The normalized spacial score (nSPS) is 15.3. The van der Waals surface area contributed by atoms with Crippen molar-refractivity contribution in [2.75, 3.05) is 12.4 Å². The van der Waals surface area contributed by atoms with Gasteiger partial charge in [0.1, 0.15) is 5.75 Å². The Hall–Kier alpha value is -2.82. The molecule has 27 heavy (non-hydrogen) atoms. The maximum absolute atomic E-state index is 13.2. The van der Waals surface area contributed by atoms with E-state index >= 15 is 0 Å². The minimum absolute atomic E-state index is 0.00605. The third-order valence-corrected chi connectivity index (χ3v) is 5.35. The zero-order valence-electron chi connectivity index (χ0n) is 15.5. The van der Waals surface area contributed by atoms with Crippen molar-refractivity contribution in [3.63, 3.8) is 0 Å². The van der Waals surface area contributed by atoms with E-state index < -0.39 is 11.4 Å². The summed E-state index contributed by atoms with van der Waals surface area (Å²) in [5, 5.41) is 11.8. The number of hydrogen-bond donors (Lipinski definition) is 2. The fourth-order valence-electron chi connectivity index (χ4n) is 3.80. The van der Waals surface area contributed by atoms with E-state index in [1.807, 2.05) is 48.5 Å². The van der Waals surface area contributed by atoms with E-state index in [-0.39, 0.29) is 12.3 Å². The van der Waals surface area contributed by atoms with Crippen LogP contribution in [0.5, 0.6) is 5.75 Å². The van der Waals surface area contributed by atoms with Crippen LogP contribution in [0.2, 0.25) is 0 Å². The average Bonchev–Trinajstić information content (AvgIpc) is 3.19. The lowest BCUT2D eigenvalue weighted by molar-refractivity contribution is -0.137. The number of aliphatic carboxylic acids is 1. The predicted octanol–water partition coefficient (Wildman–Crippen LogP) is 4.16. The van der Waals surface area contributed by atoms with Crippen LogP contribution in [0.4, 0.5) is 5.69 Å². The number of aryl methyl sites for hydroxylation is 1. The predicted molar refractivity (Wildman–Crippen MR) is 104 cm³/mol. The second kappa shape index (κ2) is 8.25. The molecule has 0 radical (unpaired) electrons. The SMILES string of the molecule is COc1cccc(C2(C(=O)Nc3ccc(CCC(=O)O)cc3)CCCC2)c1. The van der Waals surface area contributed by atoms with Gasteiger partial charge in [0, 0.05) is 12.1 Å². The quantitative estimate of drug-likeness (QED) is 0.770. The van der Waals surface area contributed by atoms with Gasteiger partial charge in [0.2, 0.25) is 5.91 Å². The number of ether oxygens (including phenoxy) is 1. The molecular weight excluding hydrogens is 342 g/mol. The first-order chi connectivity index (χ1) is 13.0. The highest BCUT2D eigenvalue weighted by molar-refractivity contribution is 5.99. The lowest BCUT2D eigenvalue weighted by Crippen LogP contribution is -2.38. The van der Waals surface area contributed by atoms with E-state index in [1.165, 1.54) is 0 Å². The summed E-state index contributed by atoms with van der Waals surface area (Å²) in [6.07, 6.45) is 4.28. The zero-order valence-corrected chi connectivity index (χ0v) is 15.5. The van der Waals surface area contributed by atoms with Gasteiger partial charge in [0.15, 0.2) is 0 Å². The molecule has 2 aromatic rings. The first-order valence-electron chi connectivity index (χ1n) is 9.30. The first-order valence-corrected chi connectivity index (χ1v) is 9.30. The molecule has 0 heterocycles. The van der Waals surface area contributed by atoms with Crippen molar-refractivity contribution >= 4 is 17.6 Å². The van der Waals surface area contributed by atoms with Gasteiger partial charge in [-0.15, -0.1) is 0 Å². The summed E-state index contributed by atoms with van der Waals surface area (Å²) in [5.41, 5.74) is 2.14. The molecule has 1 aliphatic rings. The maximum atomic E-state index is 13.2. The Bertz CT molecular complexity index is 807. The molecule has 3 rings (SSSR count). The van der Waals surface area contributed by atoms with E-state index in [0.29, 0.717) is 6.42 Å². The number of benzene rings is 2. The highest BCUT2D eigenvalue weighted by atomic mass is 16.5. The molecule has 0 spiro atoms. The lowest BCUT2D eigenvalue weighted by atomic mass is 9.78. The molecule has 0 bridgehead atoms. The molecule has 5 heteroatoms. The van der Waals surface area contributed by atoms with Gasteiger partial charge in [-0.1, -0.05) is 37.1 Å². The standard InChI is InChI=1S/C22H25NO4/c1-27-19-6-4-5-17(15-19)22(13-2-3-14-22)21(26)23-18-10-7-16(8-11-18)9-12-20(24)25/h4-8,10-11,15H,2-3,9,12-14H2,1H3,(H,23,26)(H,24,25). The average molecular weight is 367 g/mol. The second-order valence-electron chi connectivity index (χ2n) is 7.07. The molecule has 0 unspecified atom stereocenters. The third-order valence-electron chi connectivity index (χ3n) is 5.35. The van der Waals surface area contributed by atoms with Gasteiger partial charge in [-0.3, -0.25) is 9.59 Å². The number of methoxy groups -OCH3 is 1. The number of carbonyl (C=O) groups is 2. The summed E-state index contributed by atoms with van der Waals surface area (Å²) in [5.74, 6) is -0.0465. The minimum Gasteiger partial charge on any atom is -0.497 e. The van der Waals surface area contributed by atoms with Gasteiger partial charge in [-0.25, -0.2) is 0 Å². The number of hydrogen-bond acceptors (Lipinski definition) is 3. The zero-order chi connectivity index (χ0) is 19.3. The smallest absolute Gasteiger partial charge is 0.303 e. The summed E-state index contributed by atoms with van der Waals surface area (Å²) in [4.78, 5) is 23.9. The van der Waals surface area contributed by atoms with Crippen LogP contribution in [0, 0.1) is 0 Å². The molecule has 1 amide bonds. The number of carboxylic acid groups (broad SMARTS) is 1. The minimum atomic E-state index is -0.811. The summed E-state index contributed by atoms with van der Waals surface area (Å²) in [6.45, 7) is 0. The van der Waals surface area contributed by atoms with Crippen molar-refractivity contribution in [2.24, 2.45) is 0 Å². The van der Waals surface area contributed by atoms with Crippen molar-refractivity contribution in [1.82, 2.24) is 0 Å². The molecule has 5 nitrogen and oxygen atoms in total. The van der Waals surface area contributed by atoms with E-state index in [9.17, 15) is 9.59 Å². The van der Waals surface area contributed by atoms with E-state index in [0.717, 1.165) is 48.2 Å². The Labute approximate surface area is 159 Å². The third kappa shape index (κ3) is 4.30. The van der Waals surface area contributed by atoms with E-state index in [1.54, 1.807) is 7.11 Å². The highest BCUT2D eigenvalue weighted by Gasteiger charge is 2.42. The first kappa shape index (κ1) is 19.0. The number of nitrogens with one attached hydrogen (secondary N) is 1. The Balaban J connectivity index is 1.77. The fourth-order valence-corrected chi connectivity index (χ4v) is 3.80. The van der Waals surface area contributed by atoms with Gasteiger partial charge in [-0.05, 0) is 54.7 Å². The molecule has 0 atom stereocenters. The van der Waals surface area contributed by atoms with Crippen LogP contribution < -0.4 is 10.1 Å². The molecule has 1 fully saturated rings. The summed E-state index contributed by atoms with van der Waals surface area (Å²) >= 11 is 0. The van der Waals surface area contributed by atoms with Gasteiger partial charge in [0.05, 0.1) is 12.5 Å². The van der Waals surface area contributed by atoms with Crippen LogP contribution in [-0.4, -0.2) is 24.1 Å². The van der Waals surface area contributed by atoms with Crippen LogP contribution >= 0.6 is 0 Å². The van der Waals surface area contributed by atoms with Crippen molar-refractivity contribution < 1.29 is 19.4 Å². The molecule has 0 saturated heterocycles. The number of carbonyl (C=O) groups excluding carboxylic acids is 1. The van der Waals surface area contributed by atoms with Gasteiger partial charge >= 0.3 is 5.97 Å². The lowest BCUT2D eigenvalue weighted by Gasteiger charge is -2.28. The van der Waals surface area contributed by atoms with Gasteiger partial charge in [0.25, 0.3) is 0 Å². The maximum Gasteiger partial charge on any atom is 0.303 e. The van der Waals surface area contributed by atoms with Crippen LogP contribution in [0.25, 0.3) is 0 Å². The van der Waals surface area contributed by atoms with Crippen LogP contribution in [0.3, 0.4) is 0 Å². The Morgan fingerprint density at radius 3 is 2.44 bits per heavy atom. The van der Waals surface area contributed by atoms with Crippen LogP contribution in [0.15, 0.2) is 48.5 Å². The molecule has 0 aromatic heterocycles. The second-order valence-corrected chi connectivity index (χ2v) is 7.07. The van der Waals surface area contributed by atoms with Crippen molar-refractivity contribution in [2.45, 2.75) is 43.9 Å². The molecule has 0 aliphatic heterocycles. The fraction of sp³-hybridized carbons (Fsp3) is 0.364. The van der Waals surface area contributed by atoms with Gasteiger partial charge in [-0.2, -0.15) is 0 Å². The highest BCUT2D eigenvalue weighted by Crippen LogP contribution is 2.43. The van der Waals surface area contributed by atoms with Crippen molar-refractivity contribution in [1.29, 1.82) is 0 Å². The topological polar surface area (TPSA) is 75.6 Å². The molecular formula is C22H25NO4. The molecule has 2 N–H and O–H groups in total. The Kier molecular flexibility index (Phi) is 5.79. The van der Waals surface area contributed by atoms with Crippen LogP contribution in [-0.2, 0) is 21.4 Å². The number of anilines is 1. The summed E-state index contributed by atoms with van der Waals surface area (Å²) in [6, 6.07) is 15.2. The molecule has 2 aromatic carbocycles. The number of carboxylic acids is 1. The van der Waals surface area contributed by atoms with Crippen molar-refractivity contribution in [3.05, 3.63) is 59.7 Å². The molecule has 1 saturated carbocycles. The summed E-state index contributed by atoms with van der Waals surface area (Å²) < 4.78 is 5.34. The van der Waals surface area contributed by atoms with E-state index in [2.05, 4.69) is 5.32 Å². The Morgan fingerprint density at radius 1 is 1.11 bits per heavy atom. The van der Waals surface area contributed by atoms with Crippen molar-refractivity contribution in [3.8, 4) is 5.75 Å².